The van der Waals surface area contributed by atoms with Crippen LogP contribution in [0.4, 0.5) is 0 Å². The second kappa shape index (κ2) is 6.42. The minimum Gasteiger partial charge on any atom is -0.297 e. The molecule has 0 aromatic carbocycles. The van der Waals surface area contributed by atoms with Crippen molar-refractivity contribution in [2.45, 2.75) is 38.6 Å². The van der Waals surface area contributed by atoms with Crippen molar-refractivity contribution in [2.24, 2.45) is 11.8 Å². The largest absolute Gasteiger partial charge is 0.297 e. The summed E-state index contributed by atoms with van der Waals surface area (Å²) in [5.74, 6) is 2.66. The number of aromatic nitrogens is 3. The Morgan fingerprint density at radius 2 is 1.91 bits per heavy atom. The summed E-state index contributed by atoms with van der Waals surface area (Å²) in [6.45, 7) is 3.47. The Labute approximate surface area is 135 Å². The van der Waals surface area contributed by atoms with Gasteiger partial charge in [-0.2, -0.15) is 0 Å². The van der Waals surface area contributed by atoms with E-state index in [9.17, 15) is 0 Å². The molecule has 1 aliphatic heterocycles. The van der Waals surface area contributed by atoms with Gasteiger partial charge in [0.15, 0.2) is 10.8 Å². The molecule has 1 aliphatic carbocycles. The maximum absolute atomic E-state index is 4.73. The number of likely N-dealkylation sites (tertiary alicyclic amines) is 1. The zero-order valence-corrected chi connectivity index (χ0v) is 13.6. The van der Waals surface area contributed by atoms with Crippen molar-refractivity contribution in [1.29, 1.82) is 0 Å². The first-order valence-electron chi connectivity index (χ1n) is 8.32. The molecule has 3 heterocycles. The van der Waals surface area contributed by atoms with E-state index in [2.05, 4.69) is 20.2 Å². The van der Waals surface area contributed by atoms with Crippen LogP contribution in [0.25, 0.3) is 10.8 Å². The number of hydrogen-bond acceptors (Lipinski definition) is 5. The maximum Gasteiger partial charge on any atom is 0.188 e. The van der Waals surface area contributed by atoms with Gasteiger partial charge >= 0.3 is 0 Å². The van der Waals surface area contributed by atoms with E-state index in [1.54, 1.807) is 23.7 Å². The molecule has 22 heavy (non-hydrogen) atoms. The minimum absolute atomic E-state index is 0.740. The van der Waals surface area contributed by atoms with Gasteiger partial charge in [0.2, 0.25) is 0 Å². The van der Waals surface area contributed by atoms with Gasteiger partial charge in [0, 0.05) is 30.9 Å². The molecule has 0 spiro atoms. The molecular weight excluding hydrogens is 292 g/mol. The molecule has 4 rings (SSSR count). The number of thiazole rings is 1. The quantitative estimate of drug-likeness (QED) is 0.868. The molecule has 1 saturated heterocycles. The topological polar surface area (TPSA) is 41.9 Å². The summed E-state index contributed by atoms with van der Waals surface area (Å²) in [5.41, 5.74) is 1.17. The van der Waals surface area contributed by atoms with Crippen molar-refractivity contribution in [3.05, 3.63) is 29.5 Å². The summed E-state index contributed by atoms with van der Waals surface area (Å²) in [5, 5.41) is 3.10. The maximum atomic E-state index is 4.73. The van der Waals surface area contributed by atoms with Crippen LogP contribution >= 0.6 is 11.3 Å². The van der Waals surface area contributed by atoms with Crippen LogP contribution in [-0.2, 0) is 6.54 Å². The van der Waals surface area contributed by atoms with Crippen molar-refractivity contribution in [3.8, 4) is 10.8 Å². The molecule has 0 N–H and O–H groups in total. The summed E-state index contributed by atoms with van der Waals surface area (Å²) in [6, 6.07) is 1.84. The summed E-state index contributed by atoms with van der Waals surface area (Å²) in [7, 11) is 0. The van der Waals surface area contributed by atoms with Crippen LogP contribution in [0.15, 0.2) is 23.8 Å². The first-order chi connectivity index (χ1) is 10.9. The zero-order valence-electron chi connectivity index (χ0n) is 12.8. The molecule has 1 saturated carbocycles. The Kier molecular flexibility index (Phi) is 4.17. The van der Waals surface area contributed by atoms with Crippen molar-refractivity contribution in [3.63, 3.8) is 0 Å². The third-order valence-electron chi connectivity index (χ3n) is 5.07. The molecule has 0 bridgehead atoms. The van der Waals surface area contributed by atoms with Crippen molar-refractivity contribution in [1.82, 2.24) is 19.9 Å². The normalized spacial score (nSPS) is 25.8. The highest BCUT2D eigenvalue weighted by Crippen LogP contribution is 2.36. The number of rotatable bonds is 3. The molecule has 2 aliphatic rings. The summed E-state index contributed by atoms with van der Waals surface area (Å²) in [4.78, 5) is 15.9. The van der Waals surface area contributed by atoms with E-state index in [0.29, 0.717) is 0 Å². The molecule has 2 fully saturated rings. The summed E-state index contributed by atoms with van der Waals surface area (Å²) >= 11 is 1.65. The Hall–Kier alpha value is -1.33. The molecule has 116 valence electrons. The van der Waals surface area contributed by atoms with Gasteiger partial charge in [0.1, 0.15) is 0 Å². The van der Waals surface area contributed by atoms with Gasteiger partial charge in [-0.1, -0.05) is 19.3 Å². The lowest BCUT2D eigenvalue weighted by Crippen LogP contribution is -2.41. The molecular formula is C17H22N4S. The van der Waals surface area contributed by atoms with Crippen LogP contribution in [0.2, 0.25) is 0 Å². The third kappa shape index (κ3) is 3.06. The summed E-state index contributed by atoms with van der Waals surface area (Å²) < 4.78 is 0. The second-order valence-electron chi connectivity index (χ2n) is 6.54. The van der Waals surface area contributed by atoms with Gasteiger partial charge in [0.25, 0.3) is 0 Å². The van der Waals surface area contributed by atoms with Crippen LogP contribution in [0, 0.1) is 11.8 Å². The highest BCUT2D eigenvalue weighted by atomic mass is 32.1. The lowest BCUT2D eigenvalue weighted by molar-refractivity contribution is 0.0814. The molecule has 0 radical (unpaired) electrons. The van der Waals surface area contributed by atoms with Crippen molar-refractivity contribution >= 4 is 11.3 Å². The fraction of sp³-hybridized carbons (Fsp3) is 0.588. The molecule has 2 aromatic heterocycles. The molecule has 2 aromatic rings. The van der Waals surface area contributed by atoms with E-state index in [0.717, 1.165) is 29.2 Å². The average Bonchev–Trinajstić information content (AvgIpc) is 3.04. The van der Waals surface area contributed by atoms with Gasteiger partial charge in [-0.25, -0.2) is 15.0 Å². The molecule has 5 heteroatoms. The predicted molar refractivity (Wildman–Crippen MR) is 88.5 cm³/mol. The van der Waals surface area contributed by atoms with Crippen LogP contribution < -0.4 is 0 Å². The highest BCUT2D eigenvalue weighted by Gasteiger charge is 2.31. The fourth-order valence-corrected chi connectivity index (χ4v) is 4.70. The van der Waals surface area contributed by atoms with Crippen LogP contribution in [-0.4, -0.2) is 32.9 Å². The first-order valence-corrected chi connectivity index (χ1v) is 9.20. The molecule has 4 nitrogen and oxygen atoms in total. The van der Waals surface area contributed by atoms with Gasteiger partial charge in [-0.05, 0) is 37.3 Å². The first kappa shape index (κ1) is 14.3. The monoisotopic (exact) mass is 314 g/mol. The molecule has 2 atom stereocenters. The number of hydrogen-bond donors (Lipinski definition) is 0. The Morgan fingerprint density at radius 1 is 1.09 bits per heavy atom. The van der Waals surface area contributed by atoms with E-state index in [1.807, 2.05) is 6.07 Å². The van der Waals surface area contributed by atoms with Crippen molar-refractivity contribution in [2.75, 3.05) is 13.1 Å². The third-order valence-corrected chi connectivity index (χ3v) is 5.96. The van der Waals surface area contributed by atoms with E-state index in [4.69, 9.17) is 4.98 Å². The smallest absolute Gasteiger partial charge is 0.188 e. The number of piperidine rings is 1. The Bertz CT molecular complexity index is 612. The van der Waals surface area contributed by atoms with Crippen molar-refractivity contribution < 1.29 is 0 Å². The summed E-state index contributed by atoms with van der Waals surface area (Å²) in [6.07, 6.45) is 10.7. The van der Waals surface area contributed by atoms with E-state index < -0.39 is 0 Å². The van der Waals surface area contributed by atoms with Crippen LogP contribution in [0.3, 0.4) is 0 Å². The van der Waals surface area contributed by atoms with Gasteiger partial charge in [-0.15, -0.1) is 11.3 Å². The van der Waals surface area contributed by atoms with Crippen LogP contribution in [0.5, 0.6) is 0 Å². The van der Waals surface area contributed by atoms with Gasteiger partial charge < -0.3 is 0 Å². The van der Waals surface area contributed by atoms with Crippen LogP contribution in [0.1, 0.15) is 37.8 Å². The predicted octanol–water partition coefficient (Wildman–Crippen LogP) is 3.61. The average molecular weight is 314 g/mol. The number of nitrogens with zero attached hydrogens (tertiary/aromatic N) is 4. The van der Waals surface area contributed by atoms with E-state index in [1.165, 1.54) is 50.9 Å². The Balaban J connectivity index is 1.40. The minimum atomic E-state index is 0.740. The van der Waals surface area contributed by atoms with E-state index >= 15 is 0 Å². The molecule has 0 amide bonds. The Morgan fingerprint density at radius 3 is 2.77 bits per heavy atom. The molecule has 0 unspecified atom stereocenters. The van der Waals surface area contributed by atoms with E-state index in [-0.39, 0.29) is 0 Å². The standard InChI is InChI=1S/C17H22N4S/c1-2-5-14-10-21(9-6-13(14)4-1)11-15-12-22-17(20-15)16-18-7-3-8-19-16/h3,7-8,12-14H,1-2,4-6,9-11H2/t13-,14-/m1/s1. The SMILES string of the molecule is c1cnc(-c2nc(CN3CC[C@H]4CCCC[C@@H]4C3)cs2)nc1. The highest BCUT2D eigenvalue weighted by molar-refractivity contribution is 7.13. The number of fused-ring (bicyclic) bond motifs is 1. The van der Waals surface area contributed by atoms with Gasteiger partial charge in [0.05, 0.1) is 5.69 Å². The lowest BCUT2D eigenvalue weighted by Gasteiger charge is -2.41. The lowest BCUT2D eigenvalue weighted by atomic mass is 9.75. The van der Waals surface area contributed by atoms with Gasteiger partial charge in [-0.3, -0.25) is 4.90 Å². The zero-order chi connectivity index (χ0) is 14.8. The fourth-order valence-electron chi connectivity index (χ4n) is 3.94. The second-order valence-corrected chi connectivity index (χ2v) is 7.40.